The summed E-state index contributed by atoms with van der Waals surface area (Å²) >= 11 is 1.36. The number of methoxy groups -OCH3 is 1. The number of rotatable bonds is 6. The van der Waals surface area contributed by atoms with E-state index in [0.717, 1.165) is 21.7 Å². The molecule has 0 fully saturated rings. The van der Waals surface area contributed by atoms with Crippen LogP contribution in [0.1, 0.15) is 9.67 Å². The predicted molar refractivity (Wildman–Crippen MR) is 109 cm³/mol. The molecule has 27 heavy (non-hydrogen) atoms. The van der Waals surface area contributed by atoms with Gasteiger partial charge in [0.25, 0.3) is 0 Å². The molecule has 3 heterocycles. The number of anilines is 1. The molecule has 0 spiro atoms. The van der Waals surface area contributed by atoms with Crippen LogP contribution in [0, 0.1) is 0 Å². The van der Waals surface area contributed by atoms with Gasteiger partial charge in [-0.3, -0.25) is 4.79 Å². The van der Waals surface area contributed by atoms with Gasteiger partial charge in [-0.15, -0.1) is 11.3 Å². The van der Waals surface area contributed by atoms with Crippen LogP contribution < -0.4 is 10.2 Å². The van der Waals surface area contributed by atoms with Gasteiger partial charge in [-0.05, 0) is 6.08 Å². The zero-order valence-electron chi connectivity index (χ0n) is 15.8. The zero-order chi connectivity index (χ0) is 19.4. The first-order chi connectivity index (χ1) is 13.1. The third-order valence-corrected chi connectivity index (χ3v) is 5.06. The Morgan fingerprint density at radius 1 is 1.44 bits per heavy atom. The van der Waals surface area contributed by atoms with E-state index < -0.39 is 0 Å². The van der Waals surface area contributed by atoms with Gasteiger partial charge in [-0.1, -0.05) is 6.08 Å². The Morgan fingerprint density at radius 3 is 2.96 bits per heavy atom. The Labute approximate surface area is 161 Å². The topological polar surface area (TPSA) is 82.9 Å². The molecule has 142 valence electrons. The molecule has 0 saturated carbocycles. The summed E-state index contributed by atoms with van der Waals surface area (Å²) in [6, 6.07) is 0. The Kier molecular flexibility index (Phi) is 5.82. The van der Waals surface area contributed by atoms with Gasteiger partial charge in [-0.2, -0.15) is 0 Å². The first-order valence-electron chi connectivity index (χ1n) is 8.38. The predicted octanol–water partition coefficient (Wildman–Crippen LogP) is 2.18. The van der Waals surface area contributed by atoms with Gasteiger partial charge >= 0.3 is 0 Å². The second-order valence-corrected chi connectivity index (χ2v) is 7.06. The summed E-state index contributed by atoms with van der Waals surface area (Å²) < 4.78 is 5.06. The number of hydrogen-bond acceptors (Lipinski definition) is 9. The Bertz CT molecular complexity index is 931. The van der Waals surface area contributed by atoms with Gasteiger partial charge in [0, 0.05) is 34.5 Å². The van der Waals surface area contributed by atoms with E-state index in [2.05, 4.69) is 20.3 Å². The normalized spacial score (nSPS) is 14.7. The van der Waals surface area contributed by atoms with Gasteiger partial charge in [0.05, 0.1) is 36.3 Å². The highest BCUT2D eigenvalue weighted by Gasteiger charge is 2.26. The van der Waals surface area contributed by atoms with E-state index in [9.17, 15) is 4.79 Å². The lowest BCUT2D eigenvalue weighted by atomic mass is 10.2. The van der Waals surface area contributed by atoms with Crippen LogP contribution in [0.15, 0.2) is 35.4 Å². The number of carbonyl (C=O) groups is 1. The molecule has 1 aliphatic rings. The van der Waals surface area contributed by atoms with Crippen molar-refractivity contribution in [2.24, 2.45) is 4.99 Å². The number of hydrogen-bond donors (Lipinski definition) is 1. The number of fused-ring (bicyclic) bond motifs is 3. The van der Waals surface area contributed by atoms with Gasteiger partial charge < -0.3 is 19.9 Å². The number of Topliss-reactive ketones (excluding diaryl/α,β-unsaturated/α-hetero) is 1. The average Bonchev–Trinajstić information content (AvgIpc) is 2.95. The number of ketones is 1. The zero-order valence-corrected chi connectivity index (χ0v) is 16.6. The Hall–Kier alpha value is -2.78. The first kappa shape index (κ1) is 19.0. The van der Waals surface area contributed by atoms with E-state index in [4.69, 9.17) is 4.74 Å². The summed E-state index contributed by atoms with van der Waals surface area (Å²) in [7, 11) is 7.27. The number of carbonyl (C=O) groups excluding carboxylic acids is 1. The molecule has 0 aromatic carbocycles. The molecule has 0 atom stereocenters. The number of aliphatic imine (C=N–C) groups is 1. The molecular weight excluding hydrogens is 364 g/mol. The fourth-order valence-corrected chi connectivity index (χ4v) is 3.76. The molecule has 0 radical (unpaired) electrons. The minimum absolute atomic E-state index is 0.00245. The molecule has 0 saturated heterocycles. The van der Waals surface area contributed by atoms with Crippen molar-refractivity contribution < 1.29 is 9.53 Å². The van der Waals surface area contributed by atoms with Gasteiger partial charge in [0.15, 0.2) is 5.78 Å². The SMILES string of the molecule is CN/C=C(\C=C/COC)N1C=Nc2c(sc3ncnc(N(C)C)c23)C(=O)C1. The van der Waals surface area contributed by atoms with E-state index >= 15 is 0 Å². The maximum absolute atomic E-state index is 12.9. The lowest BCUT2D eigenvalue weighted by Crippen LogP contribution is -2.27. The highest BCUT2D eigenvalue weighted by atomic mass is 32.1. The van der Waals surface area contributed by atoms with Crippen molar-refractivity contribution in [2.45, 2.75) is 0 Å². The fourth-order valence-electron chi connectivity index (χ4n) is 2.75. The molecule has 2 aromatic heterocycles. The summed E-state index contributed by atoms with van der Waals surface area (Å²) in [5.74, 6) is 0.749. The lowest BCUT2D eigenvalue weighted by molar-refractivity contribution is 0.0979. The van der Waals surface area contributed by atoms with Gasteiger partial charge in [-0.25, -0.2) is 15.0 Å². The van der Waals surface area contributed by atoms with Crippen molar-refractivity contribution in [3.8, 4) is 0 Å². The lowest BCUT2D eigenvalue weighted by Gasteiger charge is -2.18. The summed E-state index contributed by atoms with van der Waals surface area (Å²) in [5.41, 5.74) is 1.45. The van der Waals surface area contributed by atoms with Crippen molar-refractivity contribution in [2.75, 3.05) is 46.3 Å². The molecule has 1 aliphatic heterocycles. The van der Waals surface area contributed by atoms with E-state index in [1.54, 1.807) is 13.4 Å². The van der Waals surface area contributed by atoms with E-state index in [0.29, 0.717) is 17.2 Å². The van der Waals surface area contributed by atoms with Crippen molar-refractivity contribution in [3.63, 3.8) is 0 Å². The van der Waals surface area contributed by atoms with Crippen molar-refractivity contribution in [3.05, 3.63) is 35.3 Å². The second kappa shape index (κ2) is 8.28. The van der Waals surface area contributed by atoms with Crippen molar-refractivity contribution in [1.82, 2.24) is 20.2 Å². The van der Waals surface area contributed by atoms with Crippen LogP contribution >= 0.6 is 11.3 Å². The Morgan fingerprint density at radius 2 is 2.26 bits per heavy atom. The highest BCUT2D eigenvalue weighted by Crippen LogP contribution is 2.41. The monoisotopic (exact) mass is 386 g/mol. The fraction of sp³-hybridized carbons (Fsp3) is 0.333. The standard InChI is InChI=1S/C18H22N6O2S/c1-19-8-12(6-5-7-26-4)24-9-13(25)16-15(22-11-24)14-17(23(2)3)20-10-21-18(14)27-16/h5-6,8,10-11,19H,7,9H2,1-4H3/b6-5-,12-8+. The first-order valence-corrected chi connectivity index (χ1v) is 9.20. The largest absolute Gasteiger partial charge is 0.392 e. The second-order valence-electron chi connectivity index (χ2n) is 6.06. The molecule has 1 N–H and O–H groups in total. The molecule has 0 unspecified atom stereocenters. The molecular formula is C18H22N6O2S. The number of aromatic nitrogens is 2. The summed E-state index contributed by atoms with van der Waals surface area (Å²) in [5, 5.41) is 3.81. The van der Waals surface area contributed by atoms with E-state index in [-0.39, 0.29) is 12.3 Å². The van der Waals surface area contributed by atoms with Gasteiger partial charge in [0.1, 0.15) is 21.9 Å². The summed E-state index contributed by atoms with van der Waals surface area (Å²) in [6.45, 7) is 0.681. The molecule has 3 rings (SSSR count). The number of thiophene rings is 1. The van der Waals surface area contributed by atoms with E-state index in [1.807, 2.05) is 49.3 Å². The summed E-state index contributed by atoms with van der Waals surface area (Å²) in [6.07, 6.45) is 8.79. The number of allylic oxidation sites excluding steroid dienone is 1. The number of nitrogens with zero attached hydrogens (tertiary/aromatic N) is 5. The van der Waals surface area contributed by atoms with Crippen LogP contribution in [-0.2, 0) is 4.74 Å². The minimum atomic E-state index is -0.00245. The van der Waals surface area contributed by atoms with Crippen molar-refractivity contribution >= 4 is 45.2 Å². The van der Waals surface area contributed by atoms with Crippen LogP contribution in [0.25, 0.3) is 10.2 Å². The van der Waals surface area contributed by atoms with Gasteiger partial charge in [0.2, 0.25) is 0 Å². The summed E-state index contributed by atoms with van der Waals surface area (Å²) in [4.78, 5) is 31.3. The van der Waals surface area contributed by atoms with Crippen LogP contribution in [0.4, 0.5) is 11.5 Å². The van der Waals surface area contributed by atoms with Crippen LogP contribution in [0.2, 0.25) is 0 Å². The van der Waals surface area contributed by atoms with Crippen LogP contribution in [0.5, 0.6) is 0 Å². The van der Waals surface area contributed by atoms with Crippen molar-refractivity contribution in [1.29, 1.82) is 0 Å². The molecule has 8 nitrogen and oxygen atoms in total. The maximum atomic E-state index is 12.9. The number of ether oxygens (including phenoxy) is 1. The van der Waals surface area contributed by atoms with E-state index in [1.165, 1.54) is 17.7 Å². The van der Waals surface area contributed by atoms with Crippen LogP contribution in [0.3, 0.4) is 0 Å². The molecule has 9 heteroatoms. The highest BCUT2D eigenvalue weighted by molar-refractivity contribution is 7.21. The molecule has 2 aromatic rings. The third-order valence-electron chi connectivity index (χ3n) is 3.94. The quantitative estimate of drug-likeness (QED) is 0.762. The Balaban J connectivity index is 2.05. The molecule has 0 bridgehead atoms. The molecule has 0 aliphatic carbocycles. The smallest absolute Gasteiger partial charge is 0.194 e. The maximum Gasteiger partial charge on any atom is 0.194 e. The third kappa shape index (κ3) is 3.83. The minimum Gasteiger partial charge on any atom is -0.392 e. The number of nitrogens with one attached hydrogen (secondary N) is 1. The molecule has 0 amide bonds. The average molecular weight is 386 g/mol. The van der Waals surface area contributed by atoms with Crippen LogP contribution in [-0.4, -0.2) is 68.4 Å².